The lowest BCUT2D eigenvalue weighted by atomic mass is 9.88. The topological polar surface area (TPSA) is 93.5 Å². The maximum atomic E-state index is 12.9. The monoisotopic (exact) mass is 494 g/mol. The van der Waals surface area contributed by atoms with Crippen LogP contribution in [0.25, 0.3) is 11.1 Å². The van der Waals surface area contributed by atoms with Gasteiger partial charge in [0.25, 0.3) is 0 Å². The van der Waals surface area contributed by atoms with Crippen LogP contribution in [0.3, 0.4) is 0 Å². The van der Waals surface area contributed by atoms with E-state index in [1.807, 2.05) is 43.4 Å². The fourth-order valence-corrected chi connectivity index (χ4v) is 6.27. The van der Waals surface area contributed by atoms with E-state index in [1.54, 1.807) is 16.4 Å². The highest BCUT2D eigenvalue weighted by Crippen LogP contribution is 2.25. The first-order valence-electron chi connectivity index (χ1n) is 12.4. The highest BCUT2D eigenvalue weighted by atomic mass is 32.2. The van der Waals surface area contributed by atoms with E-state index in [2.05, 4.69) is 16.3 Å². The van der Waals surface area contributed by atoms with Crippen LogP contribution in [0.4, 0.5) is 0 Å². The minimum absolute atomic E-state index is 0.000476. The van der Waals surface area contributed by atoms with Crippen molar-refractivity contribution >= 4 is 15.9 Å². The molecular weight excluding hydrogens is 460 g/mol. The fraction of sp³-hybridized carbons (Fsp3) is 0.481. The minimum atomic E-state index is -3.48. The van der Waals surface area contributed by atoms with Gasteiger partial charge in [0.05, 0.1) is 11.0 Å². The molecule has 1 saturated carbocycles. The van der Waals surface area contributed by atoms with E-state index in [-0.39, 0.29) is 11.8 Å². The van der Waals surface area contributed by atoms with Crippen LogP contribution in [0.2, 0.25) is 0 Å². The Kier molecular flexibility index (Phi) is 8.22. The minimum Gasteiger partial charge on any atom is -0.340 e. The summed E-state index contributed by atoms with van der Waals surface area (Å²) in [7, 11) is -1.49. The summed E-state index contributed by atoms with van der Waals surface area (Å²) in [6.07, 6.45) is 5.63. The number of hydrogen-bond acceptors (Lipinski definition) is 5. The van der Waals surface area contributed by atoms with Crippen molar-refractivity contribution in [2.75, 3.05) is 33.2 Å². The maximum absolute atomic E-state index is 12.9. The first-order valence-corrected chi connectivity index (χ1v) is 13.9. The molecule has 35 heavy (non-hydrogen) atoms. The zero-order valence-corrected chi connectivity index (χ0v) is 21.1. The van der Waals surface area contributed by atoms with Crippen molar-refractivity contribution in [1.29, 1.82) is 5.26 Å². The highest BCUT2D eigenvalue weighted by Gasteiger charge is 2.27. The van der Waals surface area contributed by atoms with Gasteiger partial charge in [-0.2, -0.15) is 9.57 Å². The molecule has 7 nitrogen and oxygen atoms in total. The molecule has 1 aliphatic carbocycles. The Bertz CT molecular complexity index is 1140. The molecule has 1 atom stereocenters. The molecule has 2 fully saturated rings. The lowest BCUT2D eigenvalue weighted by Crippen LogP contribution is -2.46. The average molecular weight is 495 g/mol. The largest absolute Gasteiger partial charge is 0.340 e. The first kappa shape index (κ1) is 25.4. The van der Waals surface area contributed by atoms with Crippen molar-refractivity contribution in [3.8, 4) is 17.2 Å². The molecular formula is C27H34N4O3S. The summed E-state index contributed by atoms with van der Waals surface area (Å²) in [6.45, 7) is 2.49. The summed E-state index contributed by atoms with van der Waals surface area (Å²) < 4.78 is 27.4. The Labute approximate surface area is 208 Å². The third-order valence-electron chi connectivity index (χ3n) is 7.13. The number of carbonyl (C=O) groups is 1. The van der Waals surface area contributed by atoms with Gasteiger partial charge in [-0.05, 0) is 48.7 Å². The van der Waals surface area contributed by atoms with Gasteiger partial charge in [0.2, 0.25) is 15.9 Å². The number of piperazine rings is 1. The molecule has 1 amide bonds. The van der Waals surface area contributed by atoms with Crippen molar-refractivity contribution in [1.82, 2.24) is 14.5 Å². The predicted molar refractivity (Wildman–Crippen MR) is 136 cm³/mol. The van der Waals surface area contributed by atoms with Gasteiger partial charge >= 0.3 is 0 Å². The highest BCUT2D eigenvalue weighted by molar-refractivity contribution is 7.89. The van der Waals surface area contributed by atoms with Crippen molar-refractivity contribution in [3.05, 3.63) is 54.1 Å². The Balaban J connectivity index is 1.37. The van der Waals surface area contributed by atoms with Gasteiger partial charge in [-0.1, -0.05) is 55.7 Å². The van der Waals surface area contributed by atoms with E-state index in [0.717, 1.165) is 55.5 Å². The molecule has 0 spiro atoms. The summed E-state index contributed by atoms with van der Waals surface area (Å²) in [5.41, 5.74) is 2.87. The van der Waals surface area contributed by atoms with Gasteiger partial charge < -0.3 is 10.2 Å². The second-order valence-electron chi connectivity index (χ2n) is 9.66. The molecule has 4 rings (SSSR count). The lowest BCUT2D eigenvalue weighted by molar-refractivity contribution is -0.126. The number of carbonyl (C=O) groups excluding carboxylic acids is 1. The number of hydrogen-bond donors (Lipinski definition) is 1. The van der Waals surface area contributed by atoms with Gasteiger partial charge in [-0.15, -0.1) is 0 Å². The number of nitriles is 1. The van der Waals surface area contributed by atoms with Crippen LogP contribution in [0.5, 0.6) is 0 Å². The van der Waals surface area contributed by atoms with Gasteiger partial charge in [0, 0.05) is 38.5 Å². The van der Waals surface area contributed by atoms with Gasteiger partial charge in [-0.3, -0.25) is 4.79 Å². The molecule has 0 aromatic heterocycles. The van der Waals surface area contributed by atoms with Crippen LogP contribution in [0.15, 0.2) is 53.4 Å². The molecule has 2 aromatic carbocycles. The zero-order chi connectivity index (χ0) is 24.8. The molecule has 1 heterocycles. The number of likely N-dealkylation sites (N-methyl/N-ethyl adjacent to an activating group) is 1. The molecule has 186 valence electrons. The molecule has 0 radical (unpaired) electrons. The van der Waals surface area contributed by atoms with Crippen molar-refractivity contribution in [3.63, 3.8) is 0 Å². The quantitative estimate of drug-likeness (QED) is 0.637. The van der Waals surface area contributed by atoms with Crippen molar-refractivity contribution in [2.24, 2.45) is 5.92 Å². The number of sulfonamides is 1. The molecule has 1 N–H and O–H groups in total. The van der Waals surface area contributed by atoms with E-state index in [0.29, 0.717) is 24.4 Å². The normalized spacial score (nSPS) is 19.1. The molecule has 0 bridgehead atoms. The summed E-state index contributed by atoms with van der Waals surface area (Å²) in [5.74, 6) is 0.0319. The summed E-state index contributed by atoms with van der Waals surface area (Å²) in [6, 6.07) is 16.5. The number of amides is 1. The third kappa shape index (κ3) is 6.29. The van der Waals surface area contributed by atoms with Crippen LogP contribution in [0.1, 0.15) is 37.7 Å². The second kappa shape index (κ2) is 11.3. The zero-order valence-electron chi connectivity index (χ0n) is 20.3. The Hall–Kier alpha value is -2.73. The van der Waals surface area contributed by atoms with E-state index in [4.69, 9.17) is 0 Å². The third-order valence-corrected chi connectivity index (χ3v) is 9.04. The van der Waals surface area contributed by atoms with Crippen molar-refractivity contribution in [2.45, 2.75) is 49.5 Å². The molecule has 1 saturated heterocycles. The van der Waals surface area contributed by atoms with E-state index in [9.17, 15) is 18.5 Å². The van der Waals surface area contributed by atoms with Crippen LogP contribution in [-0.4, -0.2) is 62.8 Å². The number of nitrogens with one attached hydrogen (secondary N) is 1. The van der Waals surface area contributed by atoms with Gasteiger partial charge in [0.1, 0.15) is 6.04 Å². The molecule has 0 unspecified atom stereocenters. The maximum Gasteiger partial charge on any atom is 0.243 e. The predicted octanol–water partition coefficient (Wildman–Crippen LogP) is 3.42. The van der Waals surface area contributed by atoms with Crippen LogP contribution >= 0.6 is 0 Å². The first-order chi connectivity index (χ1) is 16.9. The second-order valence-corrected chi connectivity index (χ2v) is 11.6. The average Bonchev–Trinajstić information content (AvgIpc) is 2.89. The van der Waals surface area contributed by atoms with Gasteiger partial charge in [0.15, 0.2) is 0 Å². The summed E-state index contributed by atoms with van der Waals surface area (Å²) >= 11 is 0. The summed E-state index contributed by atoms with van der Waals surface area (Å²) in [5, 5.41) is 12.5. The van der Waals surface area contributed by atoms with Crippen LogP contribution < -0.4 is 5.32 Å². The number of rotatable bonds is 7. The smallest absolute Gasteiger partial charge is 0.243 e. The fourth-order valence-electron chi connectivity index (χ4n) is 4.85. The molecule has 8 heteroatoms. The van der Waals surface area contributed by atoms with E-state index in [1.165, 1.54) is 6.42 Å². The standard InChI is InChI=1S/C27H34N4O3S/c1-30-15-17-31(18-16-30)35(33,34)26-13-11-23(12-14-26)22-9-7-21(8-10-22)19-25(20-28)29-27(32)24-5-3-2-4-6-24/h7-14,24-25H,2-6,15-19H2,1H3,(H,29,32)/t25-/m0/s1. The Morgan fingerprint density at radius 3 is 2.11 bits per heavy atom. The molecule has 2 aliphatic rings. The van der Waals surface area contributed by atoms with E-state index >= 15 is 0 Å². The number of nitrogens with zero attached hydrogens (tertiary/aromatic N) is 3. The summed E-state index contributed by atoms with van der Waals surface area (Å²) in [4.78, 5) is 14.9. The SMILES string of the molecule is CN1CCN(S(=O)(=O)c2ccc(-c3ccc(C[C@@H](C#N)NC(=O)C4CCCCC4)cc3)cc2)CC1. The van der Waals surface area contributed by atoms with E-state index < -0.39 is 16.1 Å². The van der Waals surface area contributed by atoms with Crippen LogP contribution in [0, 0.1) is 17.2 Å². The Morgan fingerprint density at radius 2 is 1.54 bits per heavy atom. The Morgan fingerprint density at radius 1 is 0.971 bits per heavy atom. The number of benzene rings is 2. The van der Waals surface area contributed by atoms with Crippen molar-refractivity contribution < 1.29 is 13.2 Å². The van der Waals surface area contributed by atoms with Gasteiger partial charge in [-0.25, -0.2) is 8.42 Å². The molecule has 2 aromatic rings. The van der Waals surface area contributed by atoms with Crippen LogP contribution in [-0.2, 0) is 21.2 Å². The lowest BCUT2D eigenvalue weighted by Gasteiger charge is -2.31. The molecule has 1 aliphatic heterocycles.